The van der Waals surface area contributed by atoms with E-state index in [2.05, 4.69) is 52.5 Å². The summed E-state index contributed by atoms with van der Waals surface area (Å²) in [5, 5.41) is 5.96. The molecule has 0 aliphatic carbocycles. The minimum absolute atomic E-state index is 0.387. The molecule has 1 unspecified atom stereocenters. The van der Waals surface area contributed by atoms with Gasteiger partial charge in [-0.15, -0.1) is 0 Å². The maximum atomic E-state index is 4.62. The van der Waals surface area contributed by atoms with Gasteiger partial charge in [0.05, 0.1) is 5.69 Å². The lowest BCUT2D eigenvalue weighted by molar-refractivity contribution is 0.183. The summed E-state index contributed by atoms with van der Waals surface area (Å²) in [5.41, 5.74) is 1.20. The molecule has 1 aromatic carbocycles. The summed E-state index contributed by atoms with van der Waals surface area (Å²) in [5.74, 6) is 0. The van der Waals surface area contributed by atoms with E-state index in [0.717, 1.165) is 26.2 Å². The predicted octanol–water partition coefficient (Wildman–Crippen LogP) is 2.20. The van der Waals surface area contributed by atoms with Crippen LogP contribution in [0, 0.1) is 0 Å². The highest BCUT2D eigenvalue weighted by Crippen LogP contribution is 2.25. The van der Waals surface area contributed by atoms with E-state index in [0.29, 0.717) is 6.04 Å². The van der Waals surface area contributed by atoms with Gasteiger partial charge in [0, 0.05) is 43.8 Å². The average molecular weight is 241 g/mol. The monoisotopic (exact) mass is 241 g/mol. The fourth-order valence-corrected chi connectivity index (χ4v) is 2.72. The molecule has 0 amide bonds. The van der Waals surface area contributed by atoms with Crippen molar-refractivity contribution >= 4 is 10.8 Å². The van der Waals surface area contributed by atoms with Gasteiger partial charge in [-0.1, -0.05) is 24.3 Å². The van der Waals surface area contributed by atoms with Crippen LogP contribution in [-0.4, -0.2) is 36.1 Å². The highest BCUT2D eigenvalue weighted by Gasteiger charge is 2.20. The minimum Gasteiger partial charge on any atom is -0.314 e. The first-order valence-electron chi connectivity index (χ1n) is 6.64. The molecule has 0 radical (unpaired) electrons. The van der Waals surface area contributed by atoms with Gasteiger partial charge in [0.25, 0.3) is 0 Å². The summed E-state index contributed by atoms with van der Waals surface area (Å²) in [6.45, 7) is 6.63. The first-order valence-corrected chi connectivity index (χ1v) is 6.64. The Hall–Kier alpha value is -1.45. The van der Waals surface area contributed by atoms with Crippen molar-refractivity contribution in [3.63, 3.8) is 0 Å². The fraction of sp³-hybridized carbons (Fsp3) is 0.400. The maximum Gasteiger partial charge on any atom is 0.0650 e. The molecule has 0 spiro atoms. The van der Waals surface area contributed by atoms with E-state index >= 15 is 0 Å². The van der Waals surface area contributed by atoms with E-state index in [4.69, 9.17) is 0 Å². The standard InChI is InChI=1S/C15H19N3/c1-12(18-10-8-16-9-11-18)15-14-5-3-2-4-13(14)6-7-17-15/h2-7,12,16H,8-11H2,1H3. The number of nitrogens with zero attached hydrogens (tertiary/aromatic N) is 2. The molecule has 3 heteroatoms. The Morgan fingerprint density at radius 1 is 1.17 bits per heavy atom. The van der Waals surface area contributed by atoms with Crippen LogP contribution in [0.5, 0.6) is 0 Å². The Morgan fingerprint density at radius 3 is 2.78 bits per heavy atom. The van der Waals surface area contributed by atoms with Crippen molar-refractivity contribution in [1.29, 1.82) is 0 Å². The Labute approximate surface area is 108 Å². The van der Waals surface area contributed by atoms with E-state index in [9.17, 15) is 0 Å². The summed E-state index contributed by atoms with van der Waals surface area (Å²) in [6.07, 6.45) is 1.93. The van der Waals surface area contributed by atoms with Crippen molar-refractivity contribution in [2.75, 3.05) is 26.2 Å². The number of piperazine rings is 1. The van der Waals surface area contributed by atoms with E-state index in [-0.39, 0.29) is 0 Å². The molecule has 1 fully saturated rings. The SMILES string of the molecule is CC(c1nccc2ccccc12)N1CCNCC1. The lowest BCUT2D eigenvalue weighted by Gasteiger charge is -2.32. The number of nitrogens with one attached hydrogen (secondary N) is 1. The van der Waals surface area contributed by atoms with Crippen molar-refractivity contribution in [1.82, 2.24) is 15.2 Å². The van der Waals surface area contributed by atoms with Gasteiger partial charge in [0.2, 0.25) is 0 Å². The Balaban J connectivity index is 1.97. The van der Waals surface area contributed by atoms with Gasteiger partial charge >= 0.3 is 0 Å². The Bertz CT molecular complexity index is 527. The highest BCUT2D eigenvalue weighted by molar-refractivity contribution is 5.84. The maximum absolute atomic E-state index is 4.62. The first kappa shape index (κ1) is 11.6. The van der Waals surface area contributed by atoms with Crippen molar-refractivity contribution in [2.45, 2.75) is 13.0 Å². The fourth-order valence-electron chi connectivity index (χ4n) is 2.72. The number of hydrogen-bond acceptors (Lipinski definition) is 3. The molecular formula is C15H19N3. The number of aromatic nitrogens is 1. The van der Waals surface area contributed by atoms with Crippen LogP contribution < -0.4 is 5.32 Å². The van der Waals surface area contributed by atoms with Gasteiger partial charge < -0.3 is 5.32 Å². The van der Waals surface area contributed by atoms with Gasteiger partial charge in [-0.3, -0.25) is 9.88 Å². The molecule has 0 bridgehead atoms. The van der Waals surface area contributed by atoms with E-state index in [1.54, 1.807) is 0 Å². The van der Waals surface area contributed by atoms with Gasteiger partial charge in [-0.2, -0.15) is 0 Å². The lowest BCUT2D eigenvalue weighted by atomic mass is 10.0. The average Bonchev–Trinajstić information content (AvgIpc) is 2.47. The quantitative estimate of drug-likeness (QED) is 0.873. The molecule has 3 rings (SSSR count). The van der Waals surface area contributed by atoms with Crippen molar-refractivity contribution in [2.24, 2.45) is 0 Å². The zero-order valence-corrected chi connectivity index (χ0v) is 10.8. The molecule has 1 atom stereocenters. The van der Waals surface area contributed by atoms with Crippen LogP contribution in [-0.2, 0) is 0 Å². The topological polar surface area (TPSA) is 28.2 Å². The molecule has 2 aromatic rings. The number of fused-ring (bicyclic) bond motifs is 1. The summed E-state index contributed by atoms with van der Waals surface area (Å²) in [7, 11) is 0. The summed E-state index contributed by atoms with van der Waals surface area (Å²) >= 11 is 0. The molecule has 1 saturated heterocycles. The van der Waals surface area contributed by atoms with Crippen molar-refractivity contribution in [3.8, 4) is 0 Å². The molecule has 0 saturated carbocycles. The van der Waals surface area contributed by atoms with Crippen LogP contribution >= 0.6 is 0 Å². The summed E-state index contributed by atoms with van der Waals surface area (Å²) in [4.78, 5) is 7.13. The molecule has 3 nitrogen and oxygen atoms in total. The molecule has 2 heterocycles. The lowest BCUT2D eigenvalue weighted by Crippen LogP contribution is -2.44. The number of pyridine rings is 1. The molecule has 18 heavy (non-hydrogen) atoms. The highest BCUT2D eigenvalue weighted by atomic mass is 15.2. The number of benzene rings is 1. The Kier molecular flexibility index (Phi) is 3.26. The third-order valence-electron chi connectivity index (χ3n) is 3.80. The smallest absolute Gasteiger partial charge is 0.0650 e. The van der Waals surface area contributed by atoms with Crippen LogP contribution in [0.1, 0.15) is 18.7 Å². The second kappa shape index (κ2) is 5.04. The van der Waals surface area contributed by atoms with Crippen molar-refractivity contribution in [3.05, 3.63) is 42.2 Å². The van der Waals surface area contributed by atoms with Gasteiger partial charge in [-0.25, -0.2) is 0 Å². The van der Waals surface area contributed by atoms with Crippen LogP contribution in [0.15, 0.2) is 36.5 Å². The molecule has 1 N–H and O–H groups in total. The summed E-state index contributed by atoms with van der Waals surface area (Å²) in [6, 6.07) is 11.0. The van der Waals surface area contributed by atoms with Gasteiger partial charge in [0.15, 0.2) is 0 Å². The normalized spacial score (nSPS) is 18.9. The van der Waals surface area contributed by atoms with Crippen LogP contribution in [0.4, 0.5) is 0 Å². The van der Waals surface area contributed by atoms with Crippen molar-refractivity contribution < 1.29 is 0 Å². The minimum atomic E-state index is 0.387. The number of rotatable bonds is 2. The van der Waals surface area contributed by atoms with Crippen LogP contribution in [0.3, 0.4) is 0 Å². The summed E-state index contributed by atoms with van der Waals surface area (Å²) < 4.78 is 0. The third kappa shape index (κ3) is 2.11. The van der Waals surface area contributed by atoms with E-state index in [1.807, 2.05) is 6.20 Å². The Morgan fingerprint density at radius 2 is 1.94 bits per heavy atom. The second-order valence-corrected chi connectivity index (χ2v) is 4.88. The molecule has 94 valence electrons. The molecule has 1 aliphatic rings. The van der Waals surface area contributed by atoms with Crippen LogP contribution in [0.2, 0.25) is 0 Å². The second-order valence-electron chi connectivity index (χ2n) is 4.88. The van der Waals surface area contributed by atoms with Gasteiger partial charge in [0.1, 0.15) is 0 Å². The molecule has 1 aromatic heterocycles. The zero-order valence-electron chi connectivity index (χ0n) is 10.8. The van der Waals surface area contributed by atoms with Crippen LogP contribution in [0.25, 0.3) is 10.8 Å². The number of hydrogen-bond donors (Lipinski definition) is 1. The molecular weight excluding hydrogens is 222 g/mol. The third-order valence-corrected chi connectivity index (χ3v) is 3.80. The zero-order chi connectivity index (χ0) is 12.4. The predicted molar refractivity (Wildman–Crippen MR) is 74.6 cm³/mol. The largest absolute Gasteiger partial charge is 0.314 e. The van der Waals surface area contributed by atoms with E-state index < -0.39 is 0 Å². The molecule has 1 aliphatic heterocycles. The first-order chi connectivity index (χ1) is 8.86. The van der Waals surface area contributed by atoms with Gasteiger partial charge in [-0.05, 0) is 18.4 Å². The van der Waals surface area contributed by atoms with E-state index in [1.165, 1.54) is 16.5 Å².